The minimum absolute atomic E-state index is 0.0521. The number of aliphatic carboxylic acids is 1. The molecule has 0 aromatic heterocycles. The van der Waals surface area contributed by atoms with Crippen LogP contribution in [-0.4, -0.2) is 29.1 Å². The number of nitrogens with zero attached hydrogens (tertiary/aromatic N) is 1. The molecule has 1 saturated heterocycles. The Morgan fingerprint density at radius 3 is 2.43 bits per heavy atom. The summed E-state index contributed by atoms with van der Waals surface area (Å²) < 4.78 is 26.3. The van der Waals surface area contributed by atoms with Crippen LogP contribution in [0.1, 0.15) is 44.7 Å². The molecule has 1 aromatic carbocycles. The Morgan fingerprint density at radius 2 is 1.95 bits per heavy atom. The smallest absolute Gasteiger partial charge is 0.309 e. The second-order valence-electron chi connectivity index (χ2n) is 5.82. The first kappa shape index (κ1) is 15.9. The molecule has 3 nitrogen and oxygen atoms in total. The Kier molecular flexibility index (Phi) is 4.61. The van der Waals surface area contributed by atoms with Gasteiger partial charge in [-0.15, -0.1) is 0 Å². The Bertz CT molecular complexity index is 525. The summed E-state index contributed by atoms with van der Waals surface area (Å²) in [4.78, 5) is 13.6. The van der Waals surface area contributed by atoms with Gasteiger partial charge < -0.3 is 5.11 Å². The lowest BCUT2D eigenvalue weighted by Gasteiger charge is -2.41. The number of likely N-dealkylation sites (tertiary alicyclic amines) is 1. The minimum Gasteiger partial charge on any atom is -0.481 e. The predicted molar refractivity (Wildman–Crippen MR) is 75.9 cm³/mol. The zero-order valence-corrected chi connectivity index (χ0v) is 12.4. The Balaban J connectivity index is 2.07. The van der Waals surface area contributed by atoms with Crippen LogP contribution in [0.25, 0.3) is 0 Å². The van der Waals surface area contributed by atoms with Crippen LogP contribution in [0.2, 0.25) is 0 Å². The lowest BCUT2D eigenvalue weighted by Crippen LogP contribution is -2.44. The molecule has 1 aromatic rings. The van der Waals surface area contributed by atoms with E-state index in [1.165, 1.54) is 6.07 Å². The second-order valence-corrected chi connectivity index (χ2v) is 5.82. The van der Waals surface area contributed by atoms with E-state index in [1.54, 1.807) is 6.07 Å². The van der Waals surface area contributed by atoms with Gasteiger partial charge in [-0.3, -0.25) is 9.69 Å². The fraction of sp³-hybridized carbons (Fsp3) is 0.562. The molecule has 2 rings (SSSR count). The monoisotopic (exact) mass is 297 g/mol. The van der Waals surface area contributed by atoms with Crippen molar-refractivity contribution in [3.8, 4) is 0 Å². The van der Waals surface area contributed by atoms with Crippen molar-refractivity contribution >= 4 is 5.97 Å². The van der Waals surface area contributed by atoms with Crippen LogP contribution >= 0.6 is 0 Å². The van der Waals surface area contributed by atoms with Crippen LogP contribution in [0.4, 0.5) is 8.78 Å². The zero-order chi connectivity index (χ0) is 15.6. The lowest BCUT2D eigenvalue weighted by atomic mass is 9.76. The lowest BCUT2D eigenvalue weighted by molar-refractivity contribution is -0.152. The molecular formula is C16H21F2NO2. The maximum Gasteiger partial charge on any atom is 0.309 e. The topological polar surface area (TPSA) is 40.5 Å². The van der Waals surface area contributed by atoms with Crippen molar-refractivity contribution in [3.05, 3.63) is 35.4 Å². The van der Waals surface area contributed by atoms with Gasteiger partial charge in [-0.25, -0.2) is 8.78 Å². The van der Waals surface area contributed by atoms with Crippen LogP contribution < -0.4 is 0 Å². The van der Waals surface area contributed by atoms with E-state index >= 15 is 0 Å². The number of hydrogen-bond acceptors (Lipinski definition) is 2. The maximum absolute atomic E-state index is 13.3. The first-order valence-electron chi connectivity index (χ1n) is 7.32. The Hall–Kier alpha value is -1.49. The van der Waals surface area contributed by atoms with Gasteiger partial charge in [0.15, 0.2) is 11.6 Å². The van der Waals surface area contributed by atoms with Gasteiger partial charge in [-0.05, 0) is 57.0 Å². The average Bonchev–Trinajstić information content (AvgIpc) is 2.49. The Morgan fingerprint density at radius 1 is 1.33 bits per heavy atom. The molecule has 0 radical (unpaired) electrons. The number of carbonyl (C=O) groups is 1. The highest BCUT2D eigenvalue weighted by Gasteiger charge is 2.40. The van der Waals surface area contributed by atoms with Crippen LogP contribution in [0.5, 0.6) is 0 Å². The van der Waals surface area contributed by atoms with Crippen molar-refractivity contribution in [2.24, 2.45) is 5.41 Å². The van der Waals surface area contributed by atoms with E-state index in [4.69, 9.17) is 0 Å². The summed E-state index contributed by atoms with van der Waals surface area (Å²) in [7, 11) is 0. The van der Waals surface area contributed by atoms with Gasteiger partial charge in [-0.1, -0.05) is 13.0 Å². The third-order valence-corrected chi connectivity index (χ3v) is 4.86. The molecule has 1 fully saturated rings. The minimum atomic E-state index is -0.847. The van der Waals surface area contributed by atoms with E-state index < -0.39 is 23.0 Å². The standard InChI is InChI=1S/C16H21F2NO2/c1-3-16(15(20)21)6-8-19(9-7-16)11(2)12-4-5-13(17)14(18)10-12/h4-5,10-11H,3,6-9H2,1-2H3,(H,20,21). The molecule has 0 aliphatic carbocycles. The number of rotatable bonds is 4. The van der Waals surface area contributed by atoms with Gasteiger partial charge in [0.1, 0.15) is 0 Å². The fourth-order valence-electron chi connectivity index (χ4n) is 3.04. The molecule has 116 valence electrons. The van der Waals surface area contributed by atoms with E-state index in [0.29, 0.717) is 37.9 Å². The summed E-state index contributed by atoms with van der Waals surface area (Å²) in [6.07, 6.45) is 1.80. The van der Waals surface area contributed by atoms with Crippen LogP contribution in [0.15, 0.2) is 18.2 Å². The normalized spacial score (nSPS) is 20.2. The van der Waals surface area contributed by atoms with E-state index in [2.05, 4.69) is 4.90 Å². The molecule has 5 heteroatoms. The number of carboxylic acid groups (broad SMARTS) is 1. The molecule has 0 bridgehead atoms. The predicted octanol–water partition coefficient (Wildman–Crippen LogP) is 3.60. The largest absolute Gasteiger partial charge is 0.481 e. The van der Waals surface area contributed by atoms with Crippen molar-refractivity contribution in [1.82, 2.24) is 4.90 Å². The number of carboxylic acids is 1. The molecular weight excluding hydrogens is 276 g/mol. The number of halogens is 2. The van der Waals surface area contributed by atoms with Gasteiger partial charge in [-0.2, -0.15) is 0 Å². The summed E-state index contributed by atoms with van der Waals surface area (Å²) >= 11 is 0. The highest BCUT2D eigenvalue weighted by Crippen LogP contribution is 2.37. The summed E-state index contributed by atoms with van der Waals surface area (Å²) in [6.45, 7) is 5.15. The summed E-state index contributed by atoms with van der Waals surface area (Å²) in [5.74, 6) is -2.42. The first-order valence-corrected chi connectivity index (χ1v) is 7.32. The van der Waals surface area contributed by atoms with Crippen LogP contribution in [0, 0.1) is 17.0 Å². The second kappa shape index (κ2) is 6.10. The average molecular weight is 297 g/mol. The van der Waals surface area contributed by atoms with Crippen molar-refractivity contribution in [2.45, 2.75) is 39.2 Å². The van der Waals surface area contributed by atoms with Crippen molar-refractivity contribution in [2.75, 3.05) is 13.1 Å². The quantitative estimate of drug-likeness (QED) is 0.923. The molecule has 0 amide bonds. The number of hydrogen-bond donors (Lipinski definition) is 1. The molecule has 1 atom stereocenters. The fourth-order valence-corrected chi connectivity index (χ4v) is 3.04. The molecule has 0 saturated carbocycles. The molecule has 1 aliphatic heterocycles. The third kappa shape index (κ3) is 3.07. The SMILES string of the molecule is CCC1(C(=O)O)CCN(C(C)c2ccc(F)c(F)c2)CC1. The summed E-state index contributed by atoms with van der Waals surface area (Å²) in [5, 5.41) is 9.39. The maximum atomic E-state index is 13.3. The molecule has 1 aliphatic rings. The van der Waals surface area contributed by atoms with Gasteiger partial charge >= 0.3 is 5.97 Å². The van der Waals surface area contributed by atoms with Crippen LogP contribution in [-0.2, 0) is 4.79 Å². The highest BCUT2D eigenvalue weighted by atomic mass is 19.2. The first-order chi connectivity index (χ1) is 9.89. The Labute approximate surface area is 123 Å². The van der Waals surface area contributed by atoms with Gasteiger partial charge in [0.25, 0.3) is 0 Å². The van der Waals surface area contributed by atoms with Crippen molar-refractivity contribution in [1.29, 1.82) is 0 Å². The van der Waals surface area contributed by atoms with Gasteiger partial charge in [0.2, 0.25) is 0 Å². The molecule has 1 N–H and O–H groups in total. The van der Waals surface area contributed by atoms with Crippen LogP contribution in [0.3, 0.4) is 0 Å². The number of piperidine rings is 1. The molecule has 0 spiro atoms. The number of benzene rings is 1. The van der Waals surface area contributed by atoms with Crippen molar-refractivity contribution in [3.63, 3.8) is 0 Å². The highest BCUT2D eigenvalue weighted by molar-refractivity contribution is 5.74. The van der Waals surface area contributed by atoms with Crippen molar-refractivity contribution < 1.29 is 18.7 Å². The molecule has 1 heterocycles. The third-order valence-electron chi connectivity index (χ3n) is 4.86. The zero-order valence-electron chi connectivity index (χ0n) is 12.4. The van der Waals surface area contributed by atoms with E-state index in [9.17, 15) is 18.7 Å². The molecule has 21 heavy (non-hydrogen) atoms. The van der Waals surface area contributed by atoms with E-state index in [1.807, 2.05) is 13.8 Å². The van der Waals surface area contributed by atoms with Gasteiger partial charge in [0, 0.05) is 6.04 Å². The summed E-state index contributed by atoms with van der Waals surface area (Å²) in [6, 6.07) is 3.89. The van der Waals surface area contributed by atoms with Gasteiger partial charge in [0.05, 0.1) is 5.41 Å². The summed E-state index contributed by atoms with van der Waals surface area (Å²) in [5.41, 5.74) is 0.0813. The van der Waals surface area contributed by atoms with E-state index in [-0.39, 0.29) is 6.04 Å². The van der Waals surface area contributed by atoms with E-state index in [0.717, 1.165) is 6.07 Å². The molecule has 1 unspecified atom stereocenters.